The van der Waals surface area contributed by atoms with Crippen molar-refractivity contribution in [1.82, 2.24) is 4.90 Å². The first-order valence-electron chi connectivity index (χ1n) is 9.00. The highest BCUT2D eigenvalue weighted by Gasteiger charge is 2.71. The Kier molecular flexibility index (Phi) is 3.42. The highest BCUT2D eigenvalue weighted by Crippen LogP contribution is 2.54. The molecule has 6 atom stereocenters. The van der Waals surface area contributed by atoms with Gasteiger partial charge in [-0.05, 0) is 24.6 Å². The molecular formula is C19H18N2O6. The van der Waals surface area contributed by atoms with E-state index >= 15 is 0 Å². The molecule has 0 spiro atoms. The van der Waals surface area contributed by atoms with E-state index in [4.69, 9.17) is 14.3 Å². The van der Waals surface area contributed by atoms with E-state index in [1.165, 1.54) is 12.0 Å². The molecule has 5 rings (SSSR count). The van der Waals surface area contributed by atoms with Crippen LogP contribution in [0.25, 0.3) is 0 Å². The summed E-state index contributed by atoms with van der Waals surface area (Å²) < 4.78 is 10.7. The van der Waals surface area contributed by atoms with Crippen LogP contribution < -0.4 is 0 Å². The van der Waals surface area contributed by atoms with Gasteiger partial charge < -0.3 is 14.3 Å². The first kappa shape index (κ1) is 16.4. The molecule has 3 saturated heterocycles. The summed E-state index contributed by atoms with van der Waals surface area (Å²) in [6, 6.07) is 6.88. The number of ether oxygens (including phenoxy) is 2. The first-order valence-corrected chi connectivity index (χ1v) is 9.00. The van der Waals surface area contributed by atoms with Crippen molar-refractivity contribution in [3.63, 3.8) is 0 Å². The topological polar surface area (TPSA) is 94.5 Å². The maximum absolute atomic E-state index is 12.7. The third-order valence-corrected chi connectivity index (χ3v) is 6.05. The molecule has 0 saturated carbocycles. The smallest absolute Gasteiger partial charge is 0.337 e. The van der Waals surface area contributed by atoms with Crippen molar-refractivity contribution in [2.24, 2.45) is 22.9 Å². The third-order valence-electron chi connectivity index (χ3n) is 6.05. The van der Waals surface area contributed by atoms with Crippen molar-refractivity contribution >= 4 is 23.5 Å². The molecule has 27 heavy (non-hydrogen) atoms. The number of imide groups is 1. The minimum atomic E-state index is -0.472. The van der Waals surface area contributed by atoms with Crippen LogP contribution in [0, 0.1) is 17.8 Å². The number of esters is 1. The van der Waals surface area contributed by atoms with Crippen molar-refractivity contribution in [1.29, 1.82) is 0 Å². The Balaban J connectivity index is 1.45. The van der Waals surface area contributed by atoms with Gasteiger partial charge >= 0.3 is 5.97 Å². The Bertz CT molecular complexity index is 879. The number of rotatable bonds is 3. The highest BCUT2D eigenvalue weighted by atomic mass is 16.7. The predicted octanol–water partition coefficient (Wildman–Crippen LogP) is 0.594. The van der Waals surface area contributed by atoms with Gasteiger partial charge in [-0.1, -0.05) is 17.3 Å². The second-order valence-corrected chi connectivity index (χ2v) is 7.18. The zero-order chi connectivity index (χ0) is 18.9. The number of likely N-dealkylation sites (tertiary alicyclic amines) is 1. The van der Waals surface area contributed by atoms with Gasteiger partial charge in [0.15, 0.2) is 6.10 Å². The van der Waals surface area contributed by atoms with E-state index in [0.29, 0.717) is 17.8 Å². The number of carbonyl (C=O) groups excluding carboxylic acids is 3. The lowest BCUT2D eigenvalue weighted by atomic mass is 9.71. The molecule has 0 unspecified atom stereocenters. The molecule has 3 fully saturated rings. The quantitative estimate of drug-likeness (QED) is 0.571. The molecule has 4 aliphatic rings. The average molecular weight is 370 g/mol. The Hall–Kier alpha value is -2.74. The SMILES string of the molecule is CCN1C(=O)[C@@H]2[C@H]3O[C@@H]([C@@H]4C(c5ccc(C(=O)OC)cc5)=NO[C@H]34)[C@@H]2C1=O. The van der Waals surface area contributed by atoms with Gasteiger partial charge in [0.1, 0.15) is 6.10 Å². The van der Waals surface area contributed by atoms with Crippen LogP contribution in [0.3, 0.4) is 0 Å². The number of benzene rings is 1. The molecule has 0 aliphatic carbocycles. The van der Waals surface area contributed by atoms with Crippen LogP contribution in [0.5, 0.6) is 0 Å². The minimum Gasteiger partial charge on any atom is -0.465 e. The fraction of sp³-hybridized carbons (Fsp3) is 0.474. The standard InChI is InChI=1S/C19H18N2O6/c1-3-21-17(22)10-11(18(21)23)15-16-12(14(10)26-15)13(20-27-16)8-4-6-9(7-5-8)19(24)25-2/h4-7,10-12,14-16H,3H2,1-2H3/t10-,11+,12+,14-,15-,16+/m1/s1. The Morgan fingerprint density at radius 2 is 1.74 bits per heavy atom. The number of carbonyl (C=O) groups is 3. The number of nitrogens with zero attached hydrogens (tertiary/aromatic N) is 2. The second-order valence-electron chi connectivity index (χ2n) is 7.18. The summed E-state index contributed by atoms with van der Waals surface area (Å²) in [7, 11) is 1.33. The predicted molar refractivity (Wildman–Crippen MR) is 90.7 cm³/mol. The van der Waals surface area contributed by atoms with Crippen molar-refractivity contribution in [2.75, 3.05) is 13.7 Å². The van der Waals surface area contributed by atoms with Crippen molar-refractivity contribution in [3.8, 4) is 0 Å². The molecule has 2 bridgehead atoms. The zero-order valence-electron chi connectivity index (χ0n) is 14.8. The zero-order valence-corrected chi connectivity index (χ0v) is 14.8. The van der Waals surface area contributed by atoms with Gasteiger partial charge in [-0.2, -0.15) is 0 Å². The number of hydrogen-bond acceptors (Lipinski definition) is 7. The number of oxime groups is 1. The van der Waals surface area contributed by atoms with E-state index < -0.39 is 30.0 Å². The Morgan fingerprint density at radius 3 is 2.37 bits per heavy atom. The molecule has 1 aromatic carbocycles. The number of amides is 2. The summed E-state index contributed by atoms with van der Waals surface area (Å²) in [6.45, 7) is 2.17. The van der Waals surface area contributed by atoms with Crippen molar-refractivity contribution in [3.05, 3.63) is 35.4 Å². The molecule has 0 N–H and O–H groups in total. The summed E-state index contributed by atoms with van der Waals surface area (Å²) >= 11 is 0. The van der Waals surface area contributed by atoms with E-state index in [9.17, 15) is 14.4 Å². The molecule has 0 aromatic heterocycles. The van der Waals surface area contributed by atoms with Gasteiger partial charge in [0, 0.05) is 6.54 Å². The van der Waals surface area contributed by atoms with E-state index in [0.717, 1.165) is 5.56 Å². The van der Waals surface area contributed by atoms with Crippen molar-refractivity contribution in [2.45, 2.75) is 25.2 Å². The normalized spacial score (nSPS) is 35.8. The van der Waals surface area contributed by atoms with Crippen LogP contribution in [-0.2, 0) is 23.9 Å². The van der Waals surface area contributed by atoms with E-state index in [2.05, 4.69) is 5.16 Å². The molecule has 1 aromatic rings. The van der Waals surface area contributed by atoms with Crippen molar-refractivity contribution < 1.29 is 28.7 Å². The lowest BCUT2D eigenvalue weighted by Crippen LogP contribution is -2.45. The maximum Gasteiger partial charge on any atom is 0.337 e. The molecule has 4 heterocycles. The minimum absolute atomic E-state index is 0.161. The van der Waals surface area contributed by atoms with Crippen LogP contribution in [0.15, 0.2) is 29.4 Å². The fourth-order valence-electron chi connectivity index (χ4n) is 4.86. The van der Waals surface area contributed by atoms with Gasteiger partial charge in [-0.3, -0.25) is 14.5 Å². The summed E-state index contributed by atoms with van der Waals surface area (Å²) in [4.78, 5) is 43.8. The monoisotopic (exact) mass is 370 g/mol. The summed E-state index contributed by atoms with van der Waals surface area (Å²) in [5, 5.41) is 4.23. The summed E-state index contributed by atoms with van der Waals surface area (Å²) in [5.74, 6) is -1.88. The Labute approximate surface area is 155 Å². The molecule has 4 aliphatic heterocycles. The fourth-order valence-corrected chi connectivity index (χ4v) is 4.86. The average Bonchev–Trinajstić information content (AvgIpc) is 3.41. The first-order chi connectivity index (χ1) is 13.1. The van der Waals surface area contributed by atoms with Crippen LogP contribution >= 0.6 is 0 Å². The summed E-state index contributed by atoms with van der Waals surface area (Å²) in [6.07, 6.45) is -1.23. The lowest BCUT2D eigenvalue weighted by Gasteiger charge is -2.26. The molecule has 140 valence electrons. The van der Waals surface area contributed by atoms with Gasteiger partial charge in [0.05, 0.1) is 42.2 Å². The molecular weight excluding hydrogens is 352 g/mol. The maximum atomic E-state index is 12.7. The van der Waals surface area contributed by atoms with Crippen LogP contribution in [0.1, 0.15) is 22.8 Å². The number of hydrogen-bond donors (Lipinski definition) is 0. The van der Waals surface area contributed by atoms with E-state index in [1.54, 1.807) is 31.2 Å². The molecule has 0 radical (unpaired) electrons. The van der Waals surface area contributed by atoms with Gasteiger partial charge in [-0.15, -0.1) is 0 Å². The van der Waals surface area contributed by atoms with E-state index in [1.807, 2.05) is 0 Å². The second kappa shape index (κ2) is 5.63. The number of methoxy groups -OCH3 is 1. The molecule has 8 heteroatoms. The summed E-state index contributed by atoms with van der Waals surface area (Å²) in [5.41, 5.74) is 1.93. The largest absolute Gasteiger partial charge is 0.465 e. The molecule has 8 nitrogen and oxygen atoms in total. The van der Waals surface area contributed by atoms with Gasteiger partial charge in [-0.25, -0.2) is 4.79 Å². The lowest BCUT2D eigenvalue weighted by molar-refractivity contribution is -0.142. The van der Waals surface area contributed by atoms with Crippen LogP contribution in [-0.4, -0.2) is 60.4 Å². The van der Waals surface area contributed by atoms with E-state index in [-0.39, 0.29) is 23.8 Å². The van der Waals surface area contributed by atoms with Crippen LogP contribution in [0.4, 0.5) is 0 Å². The van der Waals surface area contributed by atoms with Crippen LogP contribution in [0.2, 0.25) is 0 Å². The molecule has 2 amide bonds. The highest BCUT2D eigenvalue weighted by molar-refractivity contribution is 6.09. The van der Waals surface area contributed by atoms with Gasteiger partial charge in [0.25, 0.3) is 0 Å². The third kappa shape index (κ3) is 2.01. The Morgan fingerprint density at radius 1 is 1.07 bits per heavy atom. The van der Waals surface area contributed by atoms with Gasteiger partial charge in [0.2, 0.25) is 11.8 Å². The number of fused-ring (bicyclic) bond motifs is 8.